The molecule has 108 valence electrons. The number of nitrogens with two attached hydrogens (primary N) is 1. The maximum Gasteiger partial charge on any atom is 0.265 e. The Morgan fingerprint density at radius 2 is 1.89 bits per heavy atom. The zero-order valence-electron chi connectivity index (χ0n) is 9.28. The van der Waals surface area contributed by atoms with E-state index in [9.17, 15) is 26.0 Å². The molecule has 0 saturated heterocycles. The summed E-state index contributed by atoms with van der Waals surface area (Å²) in [4.78, 5) is -1.12. The Labute approximate surface area is 106 Å². The summed E-state index contributed by atoms with van der Waals surface area (Å²) in [6.45, 7) is -1.05. The monoisotopic (exact) mass is 302 g/mol. The van der Waals surface area contributed by atoms with Gasteiger partial charge in [-0.2, -0.15) is 0 Å². The van der Waals surface area contributed by atoms with Crippen LogP contribution in [0.25, 0.3) is 0 Å². The van der Waals surface area contributed by atoms with Gasteiger partial charge in [-0.25, -0.2) is 30.7 Å². The van der Waals surface area contributed by atoms with Gasteiger partial charge in [-0.1, -0.05) is 0 Å². The number of benzene rings is 1. The molecule has 0 bridgehead atoms. The van der Waals surface area contributed by atoms with Crippen LogP contribution < -0.4 is 10.5 Å². The van der Waals surface area contributed by atoms with Gasteiger partial charge < -0.3 is 10.8 Å². The van der Waals surface area contributed by atoms with E-state index in [1.165, 1.54) is 4.72 Å². The zero-order valence-corrected chi connectivity index (χ0v) is 10.1. The van der Waals surface area contributed by atoms with Gasteiger partial charge in [0.05, 0.1) is 0 Å². The lowest BCUT2D eigenvalue weighted by molar-refractivity contribution is -0.000457. The van der Waals surface area contributed by atoms with Gasteiger partial charge in [0, 0.05) is 12.2 Å². The first-order chi connectivity index (χ1) is 8.65. The lowest BCUT2D eigenvalue weighted by atomic mass is 10.3. The Balaban J connectivity index is 3.01. The smallest absolute Gasteiger partial charge is 0.265 e. The second-order valence-electron chi connectivity index (χ2n) is 3.57. The third kappa shape index (κ3) is 3.78. The Hall–Kier alpha value is -1.39. The molecule has 1 aromatic carbocycles. The summed E-state index contributed by atoms with van der Waals surface area (Å²) in [5.41, 5.74) is 4.81. The molecule has 1 rings (SSSR count). The number of anilines is 1. The van der Waals surface area contributed by atoms with Gasteiger partial charge in [-0.15, -0.1) is 0 Å². The highest BCUT2D eigenvalue weighted by molar-refractivity contribution is 7.89. The van der Waals surface area contributed by atoms with Gasteiger partial charge in [0.1, 0.15) is 11.0 Å². The van der Waals surface area contributed by atoms with Gasteiger partial charge in [0.2, 0.25) is 10.0 Å². The molecule has 10 heteroatoms. The molecule has 0 aliphatic carbocycles. The highest BCUT2D eigenvalue weighted by Gasteiger charge is 2.25. The van der Waals surface area contributed by atoms with Crippen molar-refractivity contribution in [2.45, 2.75) is 17.4 Å². The van der Waals surface area contributed by atoms with Gasteiger partial charge in [-0.05, 0) is 12.1 Å². The number of halogens is 4. The molecule has 0 fully saturated rings. The van der Waals surface area contributed by atoms with E-state index in [1.807, 2.05) is 0 Å². The Morgan fingerprint density at radius 3 is 2.42 bits per heavy atom. The fraction of sp³-hybridized carbons (Fsp3) is 0.333. The first-order valence-electron chi connectivity index (χ1n) is 4.85. The van der Waals surface area contributed by atoms with Crippen LogP contribution in [0.5, 0.6) is 0 Å². The minimum absolute atomic E-state index is 0.353. The Kier molecular flexibility index (Phi) is 4.71. The average Bonchev–Trinajstić information content (AvgIpc) is 2.30. The Bertz CT molecular complexity index is 565. The molecule has 0 amide bonds. The minimum Gasteiger partial charge on any atom is -0.399 e. The molecule has 0 spiro atoms. The van der Waals surface area contributed by atoms with Gasteiger partial charge in [0.25, 0.3) is 6.43 Å². The fourth-order valence-electron chi connectivity index (χ4n) is 1.14. The second kappa shape index (κ2) is 5.72. The summed E-state index contributed by atoms with van der Waals surface area (Å²) in [5, 5.41) is 8.75. The van der Waals surface area contributed by atoms with Crippen LogP contribution in [0.4, 0.5) is 23.2 Å². The van der Waals surface area contributed by atoms with Crippen LogP contribution in [0, 0.1) is 11.6 Å². The van der Waals surface area contributed by atoms with Crippen LogP contribution in [-0.4, -0.2) is 32.6 Å². The van der Waals surface area contributed by atoms with Crippen molar-refractivity contribution in [1.29, 1.82) is 0 Å². The minimum atomic E-state index is -4.60. The van der Waals surface area contributed by atoms with Gasteiger partial charge in [0.15, 0.2) is 11.6 Å². The van der Waals surface area contributed by atoms with E-state index >= 15 is 0 Å². The number of nitrogen functional groups attached to an aromatic ring is 1. The number of hydrogen-bond acceptors (Lipinski definition) is 4. The van der Waals surface area contributed by atoms with Crippen molar-refractivity contribution in [3.63, 3.8) is 0 Å². The molecule has 19 heavy (non-hydrogen) atoms. The number of aliphatic hydroxyl groups is 1. The fourth-order valence-corrected chi connectivity index (χ4v) is 2.31. The lowest BCUT2D eigenvalue weighted by Gasteiger charge is -2.12. The molecule has 1 aromatic rings. The maximum absolute atomic E-state index is 13.3. The van der Waals surface area contributed by atoms with Crippen molar-refractivity contribution in [3.05, 3.63) is 23.8 Å². The number of hydrogen-bond donors (Lipinski definition) is 3. The molecule has 0 heterocycles. The van der Waals surface area contributed by atoms with E-state index in [4.69, 9.17) is 10.8 Å². The predicted molar refractivity (Wildman–Crippen MR) is 58.0 cm³/mol. The third-order valence-electron chi connectivity index (χ3n) is 2.08. The van der Waals surface area contributed by atoms with Crippen LogP contribution in [-0.2, 0) is 10.0 Å². The molecule has 0 radical (unpaired) electrons. The van der Waals surface area contributed by atoms with E-state index in [0.717, 1.165) is 0 Å². The zero-order chi connectivity index (χ0) is 14.8. The van der Waals surface area contributed by atoms with Crippen LogP contribution in [0.3, 0.4) is 0 Å². The largest absolute Gasteiger partial charge is 0.399 e. The van der Waals surface area contributed by atoms with Crippen LogP contribution in [0.1, 0.15) is 0 Å². The standard InChI is InChI=1S/C9H10F4N2O3S/c10-5-1-4(14)2-7(8(5)11)19(17,18)15-3-6(16)9(12)13/h1-2,6,9,15-16H,3,14H2. The summed E-state index contributed by atoms with van der Waals surface area (Å²) in [5.74, 6) is -3.18. The van der Waals surface area contributed by atoms with Crippen molar-refractivity contribution >= 4 is 15.7 Å². The van der Waals surface area contributed by atoms with E-state index in [2.05, 4.69) is 0 Å². The third-order valence-corrected chi connectivity index (χ3v) is 3.50. The molecule has 0 aromatic heterocycles. The SMILES string of the molecule is Nc1cc(F)c(F)c(S(=O)(=O)NCC(O)C(F)F)c1. The summed E-state index contributed by atoms with van der Waals surface area (Å²) < 4.78 is 74.9. The topological polar surface area (TPSA) is 92.4 Å². The molecule has 1 unspecified atom stereocenters. The number of rotatable bonds is 5. The van der Waals surface area contributed by atoms with Crippen LogP contribution in [0.15, 0.2) is 17.0 Å². The van der Waals surface area contributed by atoms with Crippen molar-refractivity contribution in [3.8, 4) is 0 Å². The first-order valence-corrected chi connectivity index (χ1v) is 6.34. The number of alkyl halides is 2. The molecule has 0 saturated carbocycles. The summed E-state index contributed by atoms with van der Waals surface area (Å²) in [6, 6.07) is 1.21. The van der Waals surface area contributed by atoms with Crippen molar-refractivity contribution in [2.75, 3.05) is 12.3 Å². The number of nitrogens with one attached hydrogen (secondary N) is 1. The van der Waals surface area contributed by atoms with E-state index in [0.29, 0.717) is 12.1 Å². The van der Waals surface area contributed by atoms with Crippen molar-refractivity contribution in [2.24, 2.45) is 0 Å². The van der Waals surface area contributed by atoms with Crippen LogP contribution in [0.2, 0.25) is 0 Å². The summed E-state index contributed by atoms with van der Waals surface area (Å²) in [6.07, 6.45) is -5.44. The van der Waals surface area contributed by atoms with E-state index in [-0.39, 0.29) is 5.69 Å². The number of aliphatic hydroxyl groups excluding tert-OH is 1. The van der Waals surface area contributed by atoms with Crippen LogP contribution >= 0.6 is 0 Å². The highest BCUT2D eigenvalue weighted by Crippen LogP contribution is 2.20. The van der Waals surface area contributed by atoms with E-state index < -0.39 is 45.6 Å². The molecular weight excluding hydrogens is 292 g/mol. The van der Waals surface area contributed by atoms with Crippen molar-refractivity contribution in [1.82, 2.24) is 4.72 Å². The second-order valence-corrected chi connectivity index (χ2v) is 5.30. The summed E-state index contributed by atoms with van der Waals surface area (Å²) >= 11 is 0. The molecule has 5 nitrogen and oxygen atoms in total. The predicted octanol–water partition coefficient (Wildman–Crippen LogP) is 0.451. The van der Waals surface area contributed by atoms with E-state index in [1.54, 1.807) is 0 Å². The first kappa shape index (κ1) is 15.7. The summed E-state index contributed by atoms with van der Waals surface area (Å²) in [7, 11) is -4.60. The maximum atomic E-state index is 13.3. The lowest BCUT2D eigenvalue weighted by Crippen LogP contribution is -2.36. The highest BCUT2D eigenvalue weighted by atomic mass is 32.2. The van der Waals surface area contributed by atoms with Gasteiger partial charge in [-0.3, -0.25) is 0 Å². The molecule has 0 aliphatic rings. The quantitative estimate of drug-likeness (QED) is 0.544. The molecular formula is C9H10F4N2O3S. The molecule has 4 N–H and O–H groups in total. The Morgan fingerprint density at radius 1 is 1.32 bits per heavy atom. The molecule has 1 atom stereocenters. The number of sulfonamides is 1. The van der Waals surface area contributed by atoms with Gasteiger partial charge >= 0.3 is 0 Å². The molecule has 0 aliphatic heterocycles. The van der Waals surface area contributed by atoms with Crippen molar-refractivity contribution < 1.29 is 31.1 Å². The average molecular weight is 302 g/mol. The normalized spacial score (nSPS) is 13.8.